The number of anilines is 2. The molecule has 1 heterocycles. The number of benzene rings is 2. The van der Waals surface area contributed by atoms with Crippen LogP contribution in [0.2, 0.25) is 10.0 Å². The minimum absolute atomic E-state index is 0.667. The molecule has 0 fully saturated rings. The zero-order chi connectivity index (χ0) is 14.8. The summed E-state index contributed by atoms with van der Waals surface area (Å²) in [6.45, 7) is 1.97. The van der Waals surface area contributed by atoms with E-state index in [-0.39, 0.29) is 0 Å². The molecular weight excluding hydrogens is 305 g/mol. The number of hydrogen-bond acceptors (Lipinski definition) is 2. The van der Waals surface area contributed by atoms with Gasteiger partial charge in [0.05, 0.1) is 11.9 Å². The Morgan fingerprint density at radius 3 is 2.52 bits per heavy atom. The minimum atomic E-state index is 0.667. The Labute approximate surface area is 132 Å². The first-order valence-corrected chi connectivity index (χ1v) is 7.21. The average Bonchev–Trinajstić information content (AvgIpc) is 2.92. The molecule has 3 nitrogen and oxygen atoms in total. The first kappa shape index (κ1) is 14.0. The van der Waals surface area contributed by atoms with Crippen LogP contribution in [0.5, 0.6) is 0 Å². The summed E-state index contributed by atoms with van der Waals surface area (Å²) in [5.41, 5.74) is 3.89. The third-order valence-electron chi connectivity index (χ3n) is 3.17. The second-order valence-electron chi connectivity index (χ2n) is 4.74. The first-order chi connectivity index (χ1) is 10.1. The van der Waals surface area contributed by atoms with E-state index in [0.717, 1.165) is 27.5 Å². The molecule has 0 aliphatic heterocycles. The Hall–Kier alpha value is -1.97. The van der Waals surface area contributed by atoms with Gasteiger partial charge in [0.25, 0.3) is 0 Å². The fraction of sp³-hybridized carbons (Fsp3) is 0.0625. The summed E-state index contributed by atoms with van der Waals surface area (Å²) >= 11 is 12.0. The van der Waals surface area contributed by atoms with E-state index in [4.69, 9.17) is 23.2 Å². The monoisotopic (exact) mass is 317 g/mol. The van der Waals surface area contributed by atoms with E-state index in [2.05, 4.69) is 15.3 Å². The lowest BCUT2D eigenvalue weighted by Crippen LogP contribution is -1.92. The van der Waals surface area contributed by atoms with Crippen molar-refractivity contribution in [2.45, 2.75) is 6.92 Å². The van der Waals surface area contributed by atoms with Crippen molar-refractivity contribution in [3.8, 4) is 11.3 Å². The van der Waals surface area contributed by atoms with Crippen molar-refractivity contribution in [1.29, 1.82) is 0 Å². The molecule has 1 aromatic heterocycles. The summed E-state index contributed by atoms with van der Waals surface area (Å²) in [5.74, 6) is 0.667. The van der Waals surface area contributed by atoms with Gasteiger partial charge < -0.3 is 10.3 Å². The van der Waals surface area contributed by atoms with Crippen molar-refractivity contribution in [3.63, 3.8) is 0 Å². The lowest BCUT2D eigenvalue weighted by molar-refractivity contribution is 1.28. The van der Waals surface area contributed by atoms with Crippen molar-refractivity contribution < 1.29 is 0 Å². The third kappa shape index (κ3) is 3.20. The third-order valence-corrected chi connectivity index (χ3v) is 3.82. The van der Waals surface area contributed by atoms with Crippen molar-refractivity contribution in [1.82, 2.24) is 9.97 Å². The van der Waals surface area contributed by atoms with Crippen LogP contribution in [0.1, 0.15) is 5.56 Å². The Bertz CT molecular complexity index is 763. The molecular formula is C16H13Cl2N3. The van der Waals surface area contributed by atoms with E-state index in [1.54, 1.807) is 6.20 Å². The maximum absolute atomic E-state index is 6.11. The molecule has 0 spiro atoms. The van der Waals surface area contributed by atoms with Crippen molar-refractivity contribution in [2.75, 3.05) is 5.32 Å². The Morgan fingerprint density at radius 2 is 1.81 bits per heavy atom. The summed E-state index contributed by atoms with van der Waals surface area (Å²) in [4.78, 5) is 7.54. The highest BCUT2D eigenvalue weighted by Crippen LogP contribution is 2.24. The largest absolute Gasteiger partial charge is 0.326 e. The van der Waals surface area contributed by atoms with Gasteiger partial charge in [-0.1, -0.05) is 41.4 Å². The molecule has 0 radical (unpaired) electrons. The zero-order valence-electron chi connectivity index (χ0n) is 11.3. The van der Waals surface area contributed by atoms with Crippen molar-refractivity contribution in [2.24, 2.45) is 0 Å². The highest BCUT2D eigenvalue weighted by Gasteiger charge is 2.04. The fourth-order valence-electron chi connectivity index (χ4n) is 1.97. The molecule has 3 rings (SSSR count). The Morgan fingerprint density at radius 1 is 1.05 bits per heavy atom. The van der Waals surface area contributed by atoms with Crippen LogP contribution in [-0.2, 0) is 0 Å². The second kappa shape index (κ2) is 5.80. The van der Waals surface area contributed by atoms with Gasteiger partial charge in [-0.3, -0.25) is 0 Å². The van der Waals surface area contributed by atoms with Crippen LogP contribution in [0.4, 0.5) is 11.6 Å². The maximum Gasteiger partial charge on any atom is 0.205 e. The molecule has 5 heteroatoms. The van der Waals surface area contributed by atoms with Gasteiger partial charge in [0.15, 0.2) is 0 Å². The van der Waals surface area contributed by atoms with Crippen LogP contribution in [0.15, 0.2) is 48.7 Å². The quantitative estimate of drug-likeness (QED) is 0.675. The van der Waals surface area contributed by atoms with E-state index in [1.807, 2.05) is 49.4 Å². The minimum Gasteiger partial charge on any atom is -0.326 e. The molecule has 0 amide bonds. The molecule has 2 N–H and O–H groups in total. The Kier molecular flexibility index (Phi) is 3.86. The first-order valence-electron chi connectivity index (χ1n) is 6.46. The van der Waals surface area contributed by atoms with Crippen LogP contribution < -0.4 is 5.32 Å². The molecule has 106 valence electrons. The number of halogens is 2. The van der Waals surface area contributed by atoms with Crippen LogP contribution in [0, 0.1) is 6.92 Å². The molecule has 21 heavy (non-hydrogen) atoms. The predicted molar refractivity (Wildman–Crippen MR) is 88.5 cm³/mol. The molecule has 3 aromatic rings. The number of rotatable bonds is 3. The number of aromatic nitrogens is 2. The van der Waals surface area contributed by atoms with Gasteiger partial charge in [0, 0.05) is 15.7 Å². The molecule has 0 aliphatic carbocycles. The number of hydrogen-bond donors (Lipinski definition) is 2. The topological polar surface area (TPSA) is 40.7 Å². The van der Waals surface area contributed by atoms with Crippen molar-refractivity contribution in [3.05, 3.63) is 64.3 Å². The molecule has 0 aliphatic rings. The molecule has 0 atom stereocenters. The molecule has 2 aromatic carbocycles. The number of nitrogens with one attached hydrogen (secondary N) is 2. The number of H-pyrrole nitrogens is 1. The number of aryl methyl sites for hydroxylation is 1. The summed E-state index contributed by atoms with van der Waals surface area (Å²) in [7, 11) is 0. The highest BCUT2D eigenvalue weighted by atomic mass is 35.5. The van der Waals surface area contributed by atoms with E-state index in [0.29, 0.717) is 11.0 Å². The number of nitrogens with zero attached hydrogens (tertiary/aromatic N) is 1. The van der Waals surface area contributed by atoms with Crippen LogP contribution in [-0.4, -0.2) is 9.97 Å². The van der Waals surface area contributed by atoms with Crippen molar-refractivity contribution >= 4 is 34.8 Å². The predicted octanol–water partition coefficient (Wildman–Crippen LogP) is 5.44. The van der Waals surface area contributed by atoms with Gasteiger partial charge in [-0.15, -0.1) is 0 Å². The van der Waals surface area contributed by atoms with E-state index < -0.39 is 0 Å². The normalized spacial score (nSPS) is 10.6. The molecule has 0 bridgehead atoms. The Balaban J connectivity index is 1.81. The van der Waals surface area contributed by atoms with E-state index in [1.165, 1.54) is 0 Å². The van der Waals surface area contributed by atoms with Gasteiger partial charge in [-0.05, 0) is 42.3 Å². The maximum atomic E-state index is 6.11. The average molecular weight is 318 g/mol. The van der Waals surface area contributed by atoms with E-state index in [9.17, 15) is 0 Å². The second-order valence-corrected chi connectivity index (χ2v) is 5.58. The summed E-state index contributed by atoms with van der Waals surface area (Å²) in [5, 5.41) is 4.64. The summed E-state index contributed by atoms with van der Waals surface area (Å²) in [6, 6.07) is 13.4. The summed E-state index contributed by atoms with van der Waals surface area (Å²) in [6.07, 6.45) is 1.78. The lowest BCUT2D eigenvalue weighted by atomic mass is 10.2. The number of imidazole rings is 1. The SMILES string of the molecule is Cc1ccc(Nc2ncc(-c3ccc(Cl)cc3)[nH]2)cc1Cl. The number of aromatic amines is 1. The lowest BCUT2D eigenvalue weighted by Gasteiger charge is -2.05. The van der Waals surface area contributed by atoms with Gasteiger partial charge in [0.1, 0.15) is 0 Å². The van der Waals surface area contributed by atoms with Gasteiger partial charge in [-0.2, -0.15) is 0 Å². The molecule has 0 saturated heterocycles. The summed E-state index contributed by atoms with van der Waals surface area (Å²) < 4.78 is 0. The van der Waals surface area contributed by atoms with Crippen LogP contribution >= 0.6 is 23.2 Å². The zero-order valence-corrected chi connectivity index (χ0v) is 12.8. The highest BCUT2D eigenvalue weighted by molar-refractivity contribution is 6.31. The van der Waals surface area contributed by atoms with Crippen LogP contribution in [0.25, 0.3) is 11.3 Å². The van der Waals surface area contributed by atoms with Crippen LogP contribution in [0.3, 0.4) is 0 Å². The van der Waals surface area contributed by atoms with Gasteiger partial charge in [-0.25, -0.2) is 4.98 Å². The molecule has 0 unspecified atom stereocenters. The fourth-order valence-corrected chi connectivity index (χ4v) is 2.27. The van der Waals surface area contributed by atoms with E-state index >= 15 is 0 Å². The van der Waals surface area contributed by atoms with Gasteiger partial charge >= 0.3 is 0 Å². The van der Waals surface area contributed by atoms with Gasteiger partial charge in [0.2, 0.25) is 5.95 Å². The standard InChI is InChI=1S/C16H13Cl2N3/c1-10-2-7-13(8-14(10)18)20-16-19-9-15(21-16)11-3-5-12(17)6-4-11/h2-9H,1H3,(H2,19,20,21). The molecule has 0 saturated carbocycles. The smallest absolute Gasteiger partial charge is 0.205 e.